The molecule has 0 atom stereocenters. The summed E-state index contributed by atoms with van der Waals surface area (Å²) in [6.45, 7) is 5.70. The number of rotatable bonds is 6. The largest absolute Gasteiger partial charge is 0.285 e. The van der Waals surface area contributed by atoms with Crippen LogP contribution in [0.25, 0.3) is 0 Å². The summed E-state index contributed by atoms with van der Waals surface area (Å²) >= 11 is 0. The molecule has 0 aromatic heterocycles. The van der Waals surface area contributed by atoms with Crippen LogP contribution in [0, 0.1) is 5.75 Å². The predicted octanol–water partition coefficient (Wildman–Crippen LogP) is -0.521. The molecule has 0 spiro atoms. The molecule has 0 bridgehead atoms. The molecule has 0 unspecified atom stereocenters. The first-order valence-corrected chi connectivity index (χ1v) is 8.23. The van der Waals surface area contributed by atoms with Crippen molar-refractivity contribution in [2.75, 3.05) is 0 Å². The van der Waals surface area contributed by atoms with Crippen LogP contribution in [0.5, 0.6) is 0 Å². The van der Waals surface area contributed by atoms with Crippen LogP contribution < -0.4 is 0 Å². The molecule has 16 heavy (non-hydrogen) atoms. The summed E-state index contributed by atoms with van der Waals surface area (Å²) in [7, 11) is -13.8. The maximum Gasteiger partial charge on any atom is 0.271 e. The maximum absolute atomic E-state index is 11.2. The van der Waals surface area contributed by atoms with Gasteiger partial charge in [-0.25, -0.2) is 16.8 Å². The van der Waals surface area contributed by atoms with Crippen molar-refractivity contribution in [3.05, 3.63) is 29.7 Å². The molecule has 0 heterocycles. The molecule has 0 aromatic rings. The van der Waals surface area contributed by atoms with Crippen molar-refractivity contribution in [3.8, 4) is 0 Å². The number of hydrogen-bond donors (Lipinski definition) is 1. The van der Waals surface area contributed by atoms with Gasteiger partial charge in [-0.15, -0.1) is 0 Å². The fraction of sp³-hybridized carbons (Fsp3) is 0.167. The smallest absolute Gasteiger partial charge is 0.271 e. The van der Waals surface area contributed by atoms with E-state index < -0.39 is 34.4 Å². The number of sulfone groups is 2. The van der Waals surface area contributed by atoms with Crippen molar-refractivity contribution in [3.63, 3.8) is 0 Å². The fourth-order valence-electron chi connectivity index (χ4n) is 0.672. The Labute approximate surface area is 94.1 Å². The second-order valence-electron chi connectivity index (χ2n) is 2.53. The van der Waals surface area contributed by atoms with Crippen LogP contribution in [0.1, 0.15) is 0 Å². The summed E-state index contributed by atoms with van der Waals surface area (Å²) in [6, 6.07) is 0. The van der Waals surface area contributed by atoms with Crippen molar-refractivity contribution in [1.82, 2.24) is 0 Å². The lowest BCUT2D eigenvalue weighted by atomic mass is 10.9. The van der Waals surface area contributed by atoms with Gasteiger partial charge in [0.15, 0.2) is 24.3 Å². The van der Waals surface area contributed by atoms with E-state index >= 15 is 0 Å². The van der Waals surface area contributed by atoms with Gasteiger partial charge in [-0.05, 0) is 0 Å². The molecular formula is C6H9O7S3. The van der Waals surface area contributed by atoms with Gasteiger partial charge in [0, 0.05) is 10.8 Å². The van der Waals surface area contributed by atoms with Gasteiger partial charge in [0.05, 0.1) is 0 Å². The average molecular weight is 289 g/mol. The van der Waals surface area contributed by atoms with E-state index in [1.54, 1.807) is 0 Å². The van der Waals surface area contributed by atoms with Crippen molar-refractivity contribution in [1.29, 1.82) is 0 Å². The summed E-state index contributed by atoms with van der Waals surface area (Å²) in [5, 5.41) is 0.556. The first-order chi connectivity index (χ1) is 6.96. The highest BCUT2D eigenvalue weighted by molar-refractivity contribution is 8.12. The van der Waals surface area contributed by atoms with Crippen LogP contribution in [0.4, 0.5) is 0 Å². The molecule has 0 aromatic carbocycles. The zero-order valence-corrected chi connectivity index (χ0v) is 10.3. The van der Waals surface area contributed by atoms with E-state index in [2.05, 4.69) is 13.2 Å². The van der Waals surface area contributed by atoms with Gasteiger partial charge in [0.2, 0.25) is 0 Å². The van der Waals surface area contributed by atoms with E-state index in [4.69, 9.17) is 4.55 Å². The third-order valence-corrected chi connectivity index (χ3v) is 6.46. The zero-order valence-electron chi connectivity index (χ0n) is 7.85. The zero-order chi connectivity index (χ0) is 13.2. The predicted molar refractivity (Wildman–Crippen MR) is 57.9 cm³/mol. The Morgan fingerprint density at radius 2 is 1.19 bits per heavy atom. The monoisotopic (exact) mass is 289 g/mol. The minimum Gasteiger partial charge on any atom is -0.285 e. The van der Waals surface area contributed by atoms with E-state index in [0.717, 1.165) is 0 Å². The molecule has 93 valence electrons. The van der Waals surface area contributed by atoms with Crippen LogP contribution in [0.3, 0.4) is 0 Å². The van der Waals surface area contributed by atoms with Gasteiger partial charge in [-0.2, -0.15) is 8.42 Å². The molecule has 0 aliphatic heterocycles. The summed E-state index contributed by atoms with van der Waals surface area (Å²) in [5.41, 5.74) is 0. The summed E-state index contributed by atoms with van der Waals surface area (Å²) in [4.78, 5) is 0. The van der Waals surface area contributed by atoms with Gasteiger partial charge >= 0.3 is 0 Å². The quantitative estimate of drug-likeness (QED) is 0.652. The highest BCUT2D eigenvalue weighted by Gasteiger charge is 2.38. The van der Waals surface area contributed by atoms with Crippen molar-refractivity contribution < 1.29 is 29.8 Å². The summed E-state index contributed by atoms with van der Waals surface area (Å²) in [6.07, 6.45) is 0. The van der Waals surface area contributed by atoms with Gasteiger partial charge in [0.1, 0.15) is 5.75 Å². The lowest BCUT2D eigenvalue weighted by Gasteiger charge is -2.10. The molecule has 0 amide bonds. The van der Waals surface area contributed by atoms with Crippen LogP contribution in [0.2, 0.25) is 0 Å². The molecule has 1 N–H and O–H groups in total. The Hall–Kier alpha value is -0.710. The fourth-order valence-corrected chi connectivity index (χ4v) is 5.38. The van der Waals surface area contributed by atoms with Gasteiger partial charge < -0.3 is 0 Å². The Balaban J connectivity index is 5.80. The van der Waals surface area contributed by atoms with Crippen LogP contribution in [-0.4, -0.2) is 34.4 Å². The Bertz CT molecular complexity index is 540. The maximum atomic E-state index is 11.2. The molecule has 0 saturated carbocycles. The molecule has 0 rings (SSSR count). The highest BCUT2D eigenvalue weighted by atomic mass is 32.3. The number of hydrogen-bond acceptors (Lipinski definition) is 6. The lowest BCUT2D eigenvalue weighted by Crippen LogP contribution is -2.30. The van der Waals surface area contributed by atoms with Crippen LogP contribution in [-0.2, 0) is 29.8 Å². The van der Waals surface area contributed by atoms with E-state index in [9.17, 15) is 25.3 Å². The first kappa shape index (κ1) is 15.3. The van der Waals surface area contributed by atoms with Crippen molar-refractivity contribution in [2.45, 2.75) is 4.58 Å². The molecule has 0 saturated heterocycles. The Morgan fingerprint density at radius 1 is 0.875 bits per heavy atom. The Morgan fingerprint density at radius 3 is 1.38 bits per heavy atom. The van der Waals surface area contributed by atoms with Gasteiger partial charge in [0.25, 0.3) is 10.1 Å². The SMILES string of the molecule is C=CS(=O)(=O)C([CH]S(=O)(=O)O)S(=O)(=O)C=C. The first-order valence-electron chi connectivity index (χ1n) is 3.51. The minimum atomic E-state index is -4.89. The normalized spacial score (nSPS) is 13.6. The second-order valence-corrected chi connectivity index (χ2v) is 8.17. The van der Waals surface area contributed by atoms with Crippen LogP contribution >= 0.6 is 0 Å². The van der Waals surface area contributed by atoms with E-state index in [1.807, 2.05) is 0 Å². The molecule has 0 aliphatic rings. The van der Waals surface area contributed by atoms with Crippen LogP contribution in [0.15, 0.2) is 24.0 Å². The molecule has 10 heteroatoms. The topological polar surface area (TPSA) is 123 Å². The minimum absolute atomic E-state index is 0.207. The molecule has 0 fully saturated rings. The highest BCUT2D eigenvalue weighted by Crippen LogP contribution is 2.18. The third-order valence-electron chi connectivity index (χ3n) is 1.40. The lowest BCUT2D eigenvalue weighted by molar-refractivity contribution is 0.488. The third kappa shape index (κ3) is 4.04. The summed E-state index contributed by atoms with van der Waals surface area (Å²) in [5.74, 6) is -0.207. The van der Waals surface area contributed by atoms with Gasteiger partial charge in [-0.3, -0.25) is 4.55 Å². The average Bonchev–Trinajstić information content (AvgIpc) is 2.12. The van der Waals surface area contributed by atoms with E-state index in [0.29, 0.717) is 0 Å². The van der Waals surface area contributed by atoms with Crippen molar-refractivity contribution >= 4 is 29.8 Å². The van der Waals surface area contributed by atoms with E-state index in [-0.39, 0.29) is 16.6 Å². The van der Waals surface area contributed by atoms with E-state index in [1.165, 1.54) is 0 Å². The molecule has 1 radical (unpaired) electrons. The summed E-state index contributed by atoms with van der Waals surface area (Å²) < 4.78 is 71.8. The Kier molecular flexibility index (Phi) is 4.45. The van der Waals surface area contributed by atoms with Crippen molar-refractivity contribution in [2.24, 2.45) is 0 Å². The molecule has 7 nitrogen and oxygen atoms in total. The standard InChI is InChI=1S/C6H9O7S3/c1-3-14(7,8)6(5-16(11,12)13)15(9,10)4-2/h3-6H,1-2H2,(H,11,12,13). The molecular weight excluding hydrogens is 280 g/mol. The molecule has 0 aliphatic carbocycles. The second kappa shape index (κ2) is 4.65. The van der Waals surface area contributed by atoms with Gasteiger partial charge in [-0.1, -0.05) is 13.2 Å².